The van der Waals surface area contributed by atoms with Gasteiger partial charge in [0.05, 0.1) is 22.3 Å². The third kappa shape index (κ3) is 4.94. The largest absolute Gasteiger partial charge is 0.352 e. The number of nitrogens with one attached hydrogen (secondary N) is 2. The van der Waals surface area contributed by atoms with E-state index in [0.29, 0.717) is 17.5 Å². The molecule has 0 aliphatic rings. The molecule has 2 N–H and O–H groups in total. The second kappa shape index (κ2) is 7.63. The van der Waals surface area contributed by atoms with Crippen molar-refractivity contribution in [1.82, 2.24) is 10.3 Å². The number of amides is 1. The van der Waals surface area contributed by atoms with E-state index in [4.69, 9.17) is 11.6 Å². The second-order valence-electron chi connectivity index (χ2n) is 5.63. The van der Waals surface area contributed by atoms with Gasteiger partial charge in [-0.2, -0.15) is 0 Å². The Balaban J connectivity index is 2.16. The Kier molecular flexibility index (Phi) is 5.80. The summed E-state index contributed by atoms with van der Waals surface area (Å²) < 4.78 is 27.1. The molecule has 0 saturated carbocycles. The fourth-order valence-corrected chi connectivity index (χ4v) is 3.01. The normalized spacial score (nSPS) is 11.3. The second-order valence-corrected chi connectivity index (χ2v) is 7.74. The monoisotopic (exact) mass is 367 g/mol. The van der Waals surface area contributed by atoms with Crippen LogP contribution in [0.5, 0.6) is 0 Å². The average Bonchev–Trinajstić information content (AvgIpc) is 2.52. The first-order valence-corrected chi connectivity index (χ1v) is 9.15. The maximum atomic E-state index is 12.3. The molecule has 128 valence electrons. The number of sulfonamides is 1. The van der Waals surface area contributed by atoms with E-state index in [-0.39, 0.29) is 22.1 Å². The summed E-state index contributed by atoms with van der Waals surface area (Å²) in [6, 6.07) is 7.22. The van der Waals surface area contributed by atoms with Gasteiger partial charge in [0.2, 0.25) is 0 Å². The van der Waals surface area contributed by atoms with Crippen molar-refractivity contribution in [1.29, 1.82) is 0 Å². The van der Waals surface area contributed by atoms with E-state index in [2.05, 4.69) is 15.0 Å². The fraction of sp³-hybridized carbons (Fsp3) is 0.250. The van der Waals surface area contributed by atoms with Gasteiger partial charge >= 0.3 is 0 Å². The van der Waals surface area contributed by atoms with Crippen molar-refractivity contribution in [3.8, 4) is 0 Å². The van der Waals surface area contributed by atoms with Crippen LogP contribution >= 0.6 is 11.6 Å². The van der Waals surface area contributed by atoms with Crippen LogP contribution in [0.2, 0.25) is 5.02 Å². The van der Waals surface area contributed by atoms with Crippen molar-refractivity contribution in [2.24, 2.45) is 5.92 Å². The van der Waals surface area contributed by atoms with Crippen LogP contribution in [0.15, 0.2) is 47.6 Å². The van der Waals surface area contributed by atoms with Gasteiger partial charge in [-0.25, -0.2) is 8.42 Å². The molecule has 1 aromatic heterocycles. The molecule has 0 unspecified atom stereocenters. The van der Waals surface area contributed by atoms with Crippen LogP contribution in [0.1, 0.15) is 24.2 Å². The molecule has 0 radical (unpaired) electrons. The van der Waals surface area contributed by atoms with Gasteiger partial charge in [-0.1, -0.05) is 25.4 Å². The maximum absolute atomic E-state index is 12.3. The van der Waals surface area contributed by atoms with Gasteiger partial charge in [0.1, 0.15) is 0 Å². The number of pyridine rings is 1. The number of hydrogen-bond donors (Lipinski definition) is 2. The highest BCUT2D eigenvalue weighted by molar-refractivity contribution is 7.92. The summed E-state index contributed by atoms with van der Waals surface area (Å²) in [7, 11) is -3.78. The summed E-state index contributed by atoms with van der Waals surface area (Å²) in [6.45, 7) is 4.49. The third-order valence-corrected chi connectivity index (χ3v) is 4.70. The number of anilines is 1. The summed E-state index contributed by atoms with van der Waals surface area (Å²) in [5, 5.41) is 3.20. The zero-order valence-corrected chi connectivity index (χ0v) is 14.9. The molecule has 6 nitrogen and oxygen atoms in total. The molecule has 0 saturated heterocycles. The average molecular weight is 368 g/mol. The van der Waals surface area contributed by atoms with Crippen molar-refractivity contribution >= 4 is 33.2 Å². The number of aromatic nitrogens is 1. The number of nitrogens with zero attached hydrogens (tertiary/aromatic N) is 1. The minimum atomic E-state index is -3.78. The molecular formula is C16H18ClN3O3S. The molecule has 1 aromatic carbocycles. The molecule has 8 heteroatoms. The predicted molar refractivity (Wildman–Crippen MR) is 93.7 cm³/mol. The van der Waals surface area contributed by atoms with E-state index in [0.717, 1.165) is 0 Å². The van der Waals surface area contributed by atoms with Crippen LogP contribution in [-0.4, -0.2) is 25.9 Å². The van der Waals surface area contributed by atoms with Gasteiger partial charge in [-0.05, 0) is 36.2 Å². The first-order valence-electron chi connectivity index (χ1n) is 7.29. The summed E-state index contributed by atoms with van der Waals surface area (Å²) in [5.41, 5.74) is 0.495. The highest BCUT2D eigenvalue weighted by Crippen LogP contribution is 2.18. The minimum Gasteiger partial charge on any atom is -0.352 e. The van der Waals surface area contributed by atoms with Crippen molar-refractivity contribution < 1.29 is 13.2 Å². The van der Waals surface area contributed by atoms with E-state index in [1.807, 2.05) is 13.8 Å². The highest BCUT2D eigenvalue weighted by Gasteiger charge is 2.15. The number of hydrogen-bond acceptors (Lipinski definition) is 4. The quantitative estimate of drug-likeness (QED) is 0.821. The van der Waals surface area contributed by atoms with Crippen molar-refractivity contribution in [3.63, 3.8) is 0 Å². The standard InChI is InChI=1S/C16H18ClN3O3S/c1-11(2)8-19-16(21)12-7-14(10-18-9-12)20-24(22,23)15-5-3-13(17)4-6-15/h3-7,9-11,20H,8H2,1-2H3,(H,19,21). The van der Waals surface area contributed by atoms with E-state index in [1.54, 1.807) is 0 Å². The molecule has 0 fully saturated rings. The molecule has 0 aliphatic carbocycles. The number of halogens is 1. The summed E-state index contributed by atoms with van der Waals surface area (Å²) >= 11 is 5.76. The van der Waals surface area contributed by atoms with Gasteiger partial charge in [0.15, 0.2) is 0 Å². The predicted octanol–water partition coefficient (Wildman–Crippen LogP) is 2.92. The third-order valence-electron chi connectivity index (χ3n) is 3.05. The lowest BCUT2D eigenvalue weighted by molar-refractivity contribution is 0.0948. The van der Waals surface area contributed by atoms with E-state index in [9.17, 15) is 13.2 Å². The summed E-state index contributed by atoms with van der Waals surface area (Å²) in [6.07, 6.45) is 2.72. The van der Waals surface area contributed by atoms with Gasteiger partial charge in [0.25, 0.3) is 15.9 Å². The van der Waals surface area contributed by atoms with Crippen LogP contribution in [0.3, 0.4) is 0 Å². The molecule has 1 heterocycles. The molecule has 0 aliphatic heterocycles. The maximum Gasteiger partial charge on any atom is 0.261 e. The van der Waals surface area contributed by atoms with Crippen LogP contribution in [0, 0.1) is 5.92 Å². The Bertz CT molecular complexity index is 821. The summed E-state index contributed by atoms with van der Waals surface area (Å²) in [5.74, 6) is 0.0113. The van der Waals surface area contributed by atoms with Crippen molar-refractivity contribution in [2.75, 3.05) is 11.3 Å². The smallest absolute Gasteiger partial charge is 0.261 e. The number of benzene rings is 1. The van der Waals surface area contributed by atoms with Gasteiger partial charge < -0.3 is 5.32 Å². The zero-order chi connectivity index (χ0) is 17.7. The van der Waals surface area contributed by atoms with Crippen molar-refractivity contribution in [2.45, 2.75) is 18.7 Å². The van der Waals surface area contributed by atoms with E-state index >= 15 is 0 Å². The molecule has 1 amide bonds. The number of carbonyl (C=O) groups is 1. The zero-order valence-electron chi connectivity index (χ0n) is 13.3. The summed E-state index contributed by atoms with van der Waals surface area (Å²) in [4.78, 5) is 16.0. The highest BCUT2D eigenvalue weighted by atomic mass is 35.5. The fourth-order valence-electron chi connectivity index (χ4n) is 1.85. The van der Waals surface area contributed by atoms with Crippen LogP contribution < -0.4 is 10.0 Å². The van der Waals surface area contributed by atoms with E-state index < -0.39 is 10.0 Å². The van der Waals surface area contributed by atoms with Gasteiger partial charge in [-0.3, -0.25) is 14.5 Å². The molecular weight excluding hydrogens is 350 g/mol. The van der Waals surface area contributed by atoms with Crippen LogP contribution in [0.25, 0.3) is 0 Å². The Morgan fingerprint density at radius 1 is 1.21 bits per heavy atom. The lowest BCUT2D eigenvalue weighted by atomic mass is 10.2. The molecule has 0 spiro atoms. The molecule has 2 aromatic rings. The van der Waals surface area contributed by atoms with Crippen molar-refractivity contribution in [3.05, 3.63) is 53.3 Å². The lowest BCUT2D eigenvalue weighted by Gasteiger charge is -2.10. The molecule has 24 heavy (non-hydrogen) atoms. The Morgan fingerprint density at radius 3 is 2.50 bits per heavy atom. The SMILES string of the molecule is CC(C)CNC(=O)c1cncc(NS(=O)(=O)c2ccc(Cl)cc2)c1. The number of rotatable bonds is 6. The van der Waals surface area contributed by atoms with Crippen LogP contribution in [0.4, 0.5) is 5.69 Å². The topological polar surface area (TPSA) is 88.2 Å². The Hall–Kier alpha value is -2.12. The Labute approximate surface area is 146 Å². The lowest BCUT2D eigenvalue weighted by Crippen LogP contribution is -2.27. The molecule has 2 rings (SSSR count). The first kappa shape index (κ1) is 18.2. The van der Waals surface area contributed by atoms with Gasteiger partial charge in [0, 0.05) is 17.8 Å². The molecule has 0 atom stereocenters. The van der Waals surface area contributed by atoms with Gasteiger partial charge in [-0.15, -0.1) is 0 Å². The Morgan fingerprint density at radius 2 is 1.88 bits per heavy atom. The molecule has 0 bridgehead atoms. The first-order chi connectivity index (χ1) is 11.3. The van der Waals surface area contributed by atoms with E-state index in [1.165, 1.54) is 42.7 Å². The van der Waals surface area contributed by atoms with Crippen LogP contribution in [-0.2, 0) is 10.0 Å². The number of carbonyl (C=O) groups excluding carboxylic acids is 1. The minimum absolute atomic E-state index is 0.0709.